The van der Waals surface area contributed by atoms with Crippen LogP contribution in [0.15, 0.2) is 0 Å². The molecule has 2 rings (SSSR count). The number of rotatable bonds is 5. The van der Waals surface area contributed by atoms with Crippen molar-refractivity contribution < 1.29 is 9.59 Å². The summed E-state index contributed by atoms with van der Waals surface area (Å²) in [6, 6.07) is 0.228. The Morgan fingerprint density at radius 3 is 2.73 bits per heavy atom. The fraction of sp³-hybridized carbons (Fsp3) is 0.882. The Balaban J connectivity index is 1.85. The van der Waals surface area contributed by atoms with Crippen LogP contribution in [0.3, 0.4) is 0 Å². The van der Waals surface area contributed by atoms with Crippen LogP contribution in [0.5, 0.6) is 0 Å². The molecule has 5 heteroatoms. The van der Waals surface area contributed by atoms with Crippen LogP contribution < -0.4 is 10.6 Å². The number of likely N-dealkylation sites (tertiary alicyclic amines) is 1. The number of hydrogen-bond donors (Lipinski definition) is 2. The number of carbonyl (C=O) groups is 2. The molecule has 2 N–H and O–H groups in total. The Labute approximate surface area is 134 Å². The van der Waals surface area contributed by atoms with Crippen LogP contribution in [0.1, 0.15) is 52.4 Å². The molecule has 126 valence electrons. The van der Waals surface area contributed by atoms with Crippen molar-refractivity contribution in [2.75, 3.05) is 26.2 Å². The van der Waals surface area contributed by atoms with Gasteiger partial charge in [0.1, 0.15) is 0 Å². The van der Waals surface area contributed by atoms with Gasteiger partial charge in [0.2, 0.25) is 11.8 Å². The van der Waals surface area contributed by atoms with Gasteiger partial charge in [-0.1, -0.05) is 13.3 Å². The van der Waals surface area contributed by atoms with Crippen molar-refractivity contribution in [2.45, 2.75) is 58.4 Å². The van der Waals surface area contributed by atoms with Gasteiger partial charge in [0.25, 0.3) is 0 Å². The van der Waals surface area contributed by atoms with Crippen LogP contribution in [0, 0.1) is 11.8 Å². The van der Waals surface area contributed by atoms with Crippen LogP contribution in [0.4, 0.5) is 0 Å². The third-order valence-corrected chi connectivity index (χ3v) is 4.86. The highest BCUT2D eigenvalue weighted by Gasteiger charge is 2.32. The Kier molecular flexibility index (Phi) is 6.68. The number of hydrogen-bond acceptors (Lipinski definition) is 3. The topological polar surface area (TPSA) is 61.4 Å². The van der Waals surface area contributed by atoms with E-state index in [1.54, 1.807) is 0 Å². The number of nitrogens with one attached hydrogen (secondary N) is 2. The number of nitrogens with zero attached hydrogens (tertiary/aromatic N) is 1. The lowest BCUT2D eigenvalue weighted by molar-refractivity contribution is -0.139. The normalized spacial score (nSPS) is 27.3. The number of amides is 2. The van der Waals surface area contributed by atoms with E-state index in [9.17, 15) is 9.59 Å². The maximum absolute atomic E-state index is 12.6. The van der Waals surface area contributed by atoms with Crippen molar-refractivity contribution in [3.63, 3.8) is 0 Å². The van der Waals surface area contributed by atoms with Crippen molar-refractivity contribution in [1.82, 2.24) is 15.5 Å². The van der Waals surface area contributed by atoms with Gasteiger partial charge in [-0.05, 0) is 45.6 Å². The average Bonchev–Trinajstić information content (AvgIpc) is 2.55. The van der Waals surface area contributed by atoms with E-state index in [1.165, 1.54) is 0 Å². The van der Waals surface area contributed by atoms with Crippen LogP contribution in [-0.4, -0.2) is 48.9 Å². The monoisotopic (exact) mass is 309 g/mol. The van der Waals surface area contributed by atoms with Crippen LogP contribution in [0.2, 0.25) is 0 Å². The van der Waals surface area contributed by atoms with E-state index >= 15 is 0 Å². The molecule has 0 aromatic rings. The van der Waals surface area contributed by atoms with Crippen molar-refractivity contribution in [2.24, 2.45) is 11.8 Å². The first kappa shape index (κ1) is 17.3. The summed E-state index contributed by atoms with van der Waals surface area (Å²) in [5.74, 6) is 0.439. The van der Waals surface area contributed by atoms with Gasteiger partial charge in [-0.25, -0.2) is 0 Å². The minimum atomic E-state index is -0.0337. The lowest BCUT2D eigenvalue weighted by Crippen LogP contribution is -2.50. The molecular formula is C17H31N3O2. The molecule has 3 atom stereocenters. The fourth-order valence-corrected chi connectivity index (χ4v) is 3.58. The second kappa shape index (κ2) is 8.51. The second-order valence-corrected chi connectivity index (χ2v) is 6.86. The van der Waals surface area contributed by atoms with Crippen molar-refractivity contribution in [3.05, 3.63) is 0 Å². The van der Waals surface area contributed by atoms with Gasteiger partial charge in [-0.3, -0.25) is 9.59 Å². The van der Waals surface area contributed by atoms with E-state index in [2.05, 4.69) is 24.5 Å². The summed E-state index contributed by atoms with van der Waals surface area (Å²) in [6.45, 7) is 7.40. The largest absolute Gasteiger partial charge is 0.353 e. The lowest BCUT2D eigenvalue weighted by atomic mass is 9.93. The average molecular weight is 309 g/mol. The van der Waals surface area contributed by atoms with Crippen molar-refractivity contribution in [1.29, 1.82) is 0 Å². The molecule has 0 radical (unpaired) electrons. The minimum Gasteiger partial charge on any atom is -0.353 e. The molecule has 5 nitrogen and oxygen atoms in total. The summed E-state index contributed by atoms with van der Waals surface area (Å²) in [5, 5.41) is 6.40. The predicted octanol–water partition coefficient (Wildman–Crippen LogP) is 1.53. The molecule has 0 spiro atoms. The van der Waals surface area contributed by atoms with E-state index in [-0.39, 0.29) is 29.7 Å². The molecule has 22 heavy (non-hydrogen) atoms. The van der Waals surface area contributed by atoms with Gasteiger partial charge in [0.05, 0.1) is 11.8 Å². The second-order valence-electron chi connectivity index (χ2n) is 6.86. The number of carbonyl (C=O) groups excluding carboxylic acids is 2. The van der Waals surface area contributed by atoms with Gasteiger partial charge in [0.15, 0.2) is 0 Å². The quantitative estimate of drug-likeness (QED) is 0.809. The molecule has 0 aromatic heterocycles. The molecular weight excluding hydrogens is 278 g/mol. The first-order valence-corrected chi connectivity index (χ1v) is 8.91. The van der Waals surface area contributed by atoms with Gasteiger partial charge in [0, 0.05) is 25.7 Å². The molecule has 2 aliphatic heterocycles. The Morgan fingerprint density at radius 1 is 1.27 bits per heavy atom. The molecule has 2 saturated heterocycles. The first-order valence-electron chi connectivity index (χ1n) is 8.91. The van der Waals surface area contributed by atoms with E-state index in [0.717, 1.165) is 58.2 Å². The highest BCUT2D eigenvalue weighted by Crippen LogP contribution is 2.21. The van der Waals surface area contributed by atoms with Crippen molar-refractivity contribution >= 4 is 11.8 Å². The van der Waals surface area contributed by atoms with Gasteiger partial charge in [-0.15, -0.1) is 0 Å². The van der Waals surface area contributed by atoms with Gasteiger partial charge in [-0.2, -0.15) is 0 Å². The Hall–Kier alpha value is -1.10. The van der Waals surface area contributed by atoms with E-state index in [0.29, 0.717) is 6.54 Å². The van der Waals surface area contributed by atoms with E-state index in [1.807, 2.05) is 4.90 Å². The highest BCUT2D eigenvalue weighted by molar-refractivity contribution is 5.82. The summed E-state index contributed by atoms with van der Waals surface area (Å²) < 4.78 is 0. The van der Waals surface area contributed by atoms with E-state index in [4.69, 9.17) is 0 Å². The molecule has 3 unspecified atom stereocenters. The number of piperidine rings is 2. The zero-order chi connectivity index (χ0) is 15.9. The molecule has 0 aliphatic carbocycles. The summed E-state index contributed by atoms with van der Waals surface area (Å²) in [4.78, 5) is 26.9. The lowest BCUT2D eigenvalue weighted by Gasteiger charge is -2.35. The highest BCUT2D eigenvalue weighted by atomic mass is 16.2. The first-order chi connectivity index (χ1) is 10.6. The summed E-state index contributed by atoms with van der Waals surface area (Å²) in [5.41, 5.74) is 0. The third-order valence-electron chi connectivity index (χ3n) is 4.86. The summed E-state index contributed by atoms with van der Waals surface area (Å²) in [7, 11) is 0. The Bertz CT molecular complexity index is 380. The predicted molar refractivity (Wildman–Crippen MR) is 87.4 cm³/mol. The zero-order valence-electron chi connectivity index (χ0n) is 14.1. The van der Waals surface area contributed by atoms with Gasteiger partial charge < -0.3 is 15.5 Å². The molecule has 0 aromatic carbocycles. The molecule has 0 bridgehead atoms. The smallest absolute Gasteiger partial charge is 0.226 e. The Morgan fingerprint density at radius 2 is 2.05 bits per heavy atom. The molecule has 2 amide bonds. The third kappa shape index (κ3) is 4.70. The van der Waals surface area contributed by atoms with Crippen LogP contribution in [-0.2, 0) is 9.59 Å². The molecule has 2 fully saturated rings. The minimum absolute atomic E-state index is 0.0337. The van der Waals surface area contributed by atoms with Crippen LogP contribution >= 0.6 is 0 Å². The summed E-state index contributed by atoms with van der Waals surface area (Å²) in [6.07, 6.45) is 5.97. The molecule has 2 heterocycles. The van der Waals surface area contributed by atoms with Crippen molar-refractivity contribution in [3.8, 4) is 0 Å². The summed E-state index contributed by atoms with van der Waals surface area (Å²) >= 11 is 0. The van der Waals surface area contributed by atoms with E-state index < -0.39 is 0 Å². The molecule has 2 aliphatic rings. The molecule has 0 saturated carbocycles. The van der Waals surface area contributed by atoms with Gasteiger partial charge >= 0.3 is 0 Å². The standard InChI is InChI=1S/C17H31N3O2/c1-3-6-13(2)19-16(21)15-8-5-10-20(12-15)17(22)14-7-4-9-18-11-14/h13-15,18H,3-12H2,1-2H3,(H,19,21). The zero-order valence-corrected chi connectivity index (χ0v) is 14.1. The SMILES string of the molecule is CCCC(C)NC(=O)C1CCCN(C(=O)C2CCCNC2)C1. The fourth-order valence-electron chi connectivity index (χ4n) is 3.58. The maximum atomic E-state index is 12.6. The van der Waals surface area contributed by atoms with Crippen LogP contribution in [0.25, 0.3) is 0 Å². The maximum Gasteiger partial charge on any atom is 0.226 e.